The first-order valence-electron chi connectivity index (χ1n) is 8.13. The summed E-state index contributed by atoms with van der Waals surface area (Å²) in [4.78, 5) is 6.60. The molecule has 0 radical (unpaired) electrons. The molecular formula is C15H25IN8O. The number of aromatic nitrogens is 5. The van der Waals surface area contributed by atoms with E-state index < -0.39 is 0 Å². The molecule has 1 saturated heterocycles. The Balaban J connectivity index is 0.00000225. The Labute approximate surface area is 164 Å². The van der Waals surface area contributed by atoms with Gasteiger partial charge in [0.2, 0.25) is 0 Å². The van der Waals surface area contributed by atoms with Crippen molar-refractivity contribution in [3.63, 3.8) is 0 Å². The zero-order chi connectivity index (χ0) is 16.9. The van der Waals surface area contributed by atoms with Crippen molar-refractivity contribution >= 4 is 29.9 Å². The second-order valence-electron chi connectivity index (χ2n) is 5.69. The van der Waals surface area contributed by atoms with Crippen molar-refractivity contribution < 1.29 is 4.74 Å². The quantitative estimate of drug-likeness (QED) is 0.413. The zero-order valence-corrected chi connectivity index (χ0v) is 17.1. The number of morpholine rings is 1. The van der Waals surface area contributed by atoms with Crippen molar-refractivity contribution in [3.8, 4) is 0 Å². The summed E-state index contributed by atoms with van der Waals surface area (Å²) in [6.07, 6.45) is 5.60. The van der Waals surface area contributed by atoms with E-state index in [1.54, 1.807) is 18.1 Å². The van der Waals surface area contributed by atoms with Crippen LogP contribution >= 0.6 is 24.0 Å². The zero-order valence-electron chi connectivity index (χ0n) is 14.8. The van der Waals surface area contributed by atoms with Crippen molar-refractivity contribution in [3.05, 3.63) is 30.1 Å². The molecule has 1 N–H and O–H groups in total. The molecule has 3 heterocycles. The maximum atomic E-state index is 5.88. The number of rotatable bonds is 4. The van der Waals surface area contributed by atoms with Crippen LogP contribution in [-0.2, 0) is 24.9 Å². The number of hydrogen-bond acceptors (Lipinski definition) is 5. The molecule has 25 heavy (non-hydrogen) atoms. The third-order valence-electron chi connectivity index (χ3n) is 4.12. The Morgan fingerprint density at radius 2 is 2.32 bits per heavy atom. The minimum absolute atomic E-state index is 0. The summed E-state index contributed by atoms with van der Waals surface area (Å²) < 4.78 is 9.69. The average Bonchev–Trinajstić information content (AvgIpc) is 3.24. The number of nitrogens with one attached hydrogen (secondary N) is 1. The molecule has 9 nitrogen and oxygen atoms in total. The molecule has 0 aliphatic carbocycles. The monoisotopic (exact) mass is 460 g/mol. The van der Waals surface area contributed by atoms with Crippen LogP contribution in [0.25, 0.3) is 0 Å². The number of ether oxygens (including phenoxy) is 1. The van der Waals surface area contributed by atoms with E-state index in [1.807, 2.05) is 24.0 Å². The van der Waals surface area contributed by atoms with E-state index in [1.165, 1.54) is 0 Å². The van der Waals surface area contributed by atoms with Gasteiger partial charge in [-0.15, -0.1) is 34.2 Å². The molecule has 10 heteroatoms. The largest absolute Gasteiger partial charge is 0.370 e. The van der Waals surface area contributed by atoms with Gasteiger partial charge in [-0.2, -0.15) is 5.10 Å². The van der Waals surface area contributed by atoms with Crippen LogP contribution in [0.1, 0.15) is 24.4 Å². The van der Waals surface area contributed by atoms with Gasteiger partial charge in [0.15, 0.2) is 11.8 Å². The van der Waals surface area contributed by atoms with E-state index in [4.69, 9.17) is 4.74 Å². The third kappa shape index (κ3) is 4.69. The van der Waals surface area contributed by atoms with E-state index in [0.29, 0.717) is 13.2 Å². The Morgan fingerprint density at radius 3 is 3.00 bits per heavy atom. The minimum atomic E-state index is 0. The van der Waals surface area contributed by atoms with Crippen molar-refractivity contribution in [1.82, 2.24) is 34.8 Å². The molecule has 138 valence electrons. The number of aryl methyl sites for hydroxylation is 2. The molecule has 1 unspecified atom stereocenters. The molecule has 0 amide bonds. The summed E-state index contributed by atoms with van der Waals surface area (Å²) in [5.74, 6) is 1.74. The summed E-state index contributed by atoms with van der Waals surface area (Å²) in [7, 11) is 3.70. The fraction of sp³-hybridized carbons (Fsp3) is 0.600. The SMILES string of the molecule is CCn1cnnc1CNC(=NC)N1CCOC(c2cnn(C)c2)C1.I. The summed E-state index contributed by atoms with van der Waals surface area (Å²) in [5.41, 5.74) is 1.09. The summed E-state index contributed by atoms with van der Waals surface area (Å²) in [5, 5.41) is 15.7. The molecule has 1 atom stereocenters. The Bertz CT molecular complexity index is 697. The molecule has 1 aliphatic rings. The lowest BCUT2D eigenvalue weighted by molar-refractivity contribution is -0.00806. The van der Waals surface area contributed by atoms with Gasteiger partial charge in [0, 0.05) is 38.9 Å². The molecule has 2 aromatic heterocycles. The first kappa shape index (κ1) is 19.6. The van der Waals surface area contributed by atoms with Gasteiger partial charge in [0.05, 0.1) is 25.9 Å². The smallest absolute Gasteiger partial charge is 0.194 e. The van der Waals surface area contributed by atoms with Gasteiger partial charge in [0.1, 0.15) is 12.4 Å². The lowest BCUT2D eigenvalue weighted by Gasteiger charge is -2.34. The minimum Gasteiger partial charge on any atom is -0.370 e. The Kier molecular flexibility index (Phi) is 7.17. The van der Waals surface area contributed by atoms with E-state index in [2.05, 4.69) is 37.4 Å². The summed E-state index contributed by atoms with van der Waals surface area (Å²) >= 11 is 0. The molecule has 1 fully saturated rings. The predicted molar refractivity (Wildman–Crippen MR) is 105 cm³/mol. The van der Waals surface area contributed by atoms with Crippen molar-refractivity contribution in [1.29, 1.82) is 0 Å². The maximum Gasteiger partial charge on any atom is 0.194 e. The predicted octanol–water partition coefficient (Wildman–Crippen LogP) is 0.798. The van der Waals surface area contributed by atoms with Crippen LogP contribution < -0.4 is 5.32 Å². The molecule has 1 aliphatic heterocycles. The van der Waals surface area contributed by atoms with Crippen molar-refractivity contribution in [2.75, 3.05) is 26.7 Å². The van der Waals surface area contributed by atoms with Gasteiger partial charge in [0.25, 0.3) is 0 Å². The second kappa shape index (κ2) is 9.13. The topological polar surface area (TPSA) is 85.4 Å². The van der Waals surface area contributed by atoms with Crippen molar-refractivity contribution in [2.45, 2.75) is 26.1 Å². The summed E-state index contributed by atoms with van der Waals surface area (Å²) in [6.45, 7) is 5.72. The van der Waals surface area contributed by atoms with Gasteiger partial charge < -0.3 is 19.5 Å². The average molecular weight is 460 g/mol. The van der Waals surface area contributed by atoms with Crippen LogP contribution in [0.15, 0.2) is 23.7 Å². The van der Waals surface area contributed by atoms with E-state index >= 15 is 0 Å². The normalized spacial score (nSPS) is 18.1. The van der Waals surface area contributed by atoms with Crippen LogP contribution in [0.2, 0.25) is 0 Å². The van der Waals surface area contributed by atoms with Crippen LogP contribution in [0.5, 0.6) is 0 Å². The highest BCUT2D eigenvalue weighted by atomic mass is 127. The van der Waals surface area contributed by atoms with Gasteiger partial charge >= 0.3 is 0 Å². The van der Waals surface area contributed by atoms with E-state index in [0.717, 1.165) is 37.0 Å². The van der Waals surface area contributed by atoms with Crippen LogP contribution in [0.4, 0.5) is 0 Å². The maximum absolute atomic E-state index is 5.88. The fourth-order valence-electron chi connectivity index (χ4n) is 2.82. The van der Waals surface area contributed by atoms with Crippen molar-refractivity contribution in [2.24, 2.45) is 12.0 Å². The number of hydrogen-bond donors (Lipinski definition) is 1. The van der Waals surface area contributed by atoms with E-state index in [-0.39, 0.29) is 30.1 Å². The fourth-order valence-corrected chi connectivity index (χ4v) is 2.82. The number of aliphatic imine (C=N–C) groups is 1. The van der Waals surface area contributed by atoms with Crippen LogP contribution in [0.3, 0.4) is 0 Å². The lowest BCUT2D eigenvalue weighted by atomic mass is 10.1. The lowest BCUT2D eigenvalue weighted by Crippen LogP contribution is -2.48. The summed E-state index contributed by atoms with van der Waals surface area (Å²) in [6, 6.07) is 0. The molecular weight excluding hydrogens is 435 g/mol. The first-order valence-corrected chi connectivity index (χ1v) is 8.13. The molecule has 0 spiro atoms. The molecule has 0 bridgehead atoms. The highest BCUT2D eigenvalue weighted by Crippen LogP contribution is 2.21. The van der Waals surface area contributed by atoms with Gasteiger partial charge in [-0.1, -0.05) is 0 Å². The van der Waals surface area contributed by atoms with Crippen LogP contribution in [-0.4, -0.2) is 62.1 Å². The number of nitrogens with zero attached hydrogens (tertiary/aromatic N) is 7. The molecule has 0 saturated carbocycles. The van der Waals surface area contributed by atoms with Gasteiger partial charge in [-0.3, -0.25) is 9.67 Å². The standard InChI is InChI=1S/C15H24N8O.HI/c1-4-22-11-18-20-14(22)8-17-15(16-2)23-5-6-24-13(10-23)12-7-19-21(3)9-12;/h7,9,11,13H,4-6,8,10H2,1-3H3,(H,16,17);1H. The highest BCUT2D eigenvalue weighted by molar-refractivity contribution is 14.0. The van der Waals surface area contributed by atoms with Gasteiger partial charge in [-0.25, -0.2) is 0 Å². The Hall–Kier alpha value is -1.69. The van der Waals surface area contributed by atoms with Crippen LogP contribution in [0, 0.1) is 0 Å². The Morgan fingerprint density at radius 1 is 1.48 bits per heavy atom. The molecule has 3 rings (SSSR count). The number of halogens is 1. The second-order valence-corrected chi connectivity index (χ2v) is 5.69. The molecule has 2 aromatic rings. The van der Waals surface area contributed by atoms with Gasteiger partial charge in [-0.05, 0) is 6.92 Å². The first-order chi connectivity index (χ1) is 11.7. The number of guanidine groups is 1. The van der Waals surface area contributed by atoms with E-state index in [9.17, 15) is 0 Å². The molecule has 0 aromatic carbocycles. The third-order valence-corrected chi connectivity index (χ3v) is 4.12. The highest BCUT2D eigenvalue weighted by Gasteiger charge is 2.25.